The van der Waals surface area contributed by atoms with Crippen LogP contribution in [0.5, 0.6) is 0 Å². The molecule has 25 heavy (non-hydrogen) atoms. The fourth-order valence-corrected chi connectivity index (χ4v) is 3.31. The minimum absolute atomic E-state index is 0.229. The minimum Gasteiger partial charge on any atom is -0.349 e. The van der Waals surface area contributed by atoms with Gasteiger partial charge in [0, 0.05) is 48.9 Å². The third-order valence-corrected chi connectivity index (χ3v) is 4.61. The first-order valence-electron chi connectivity index (χ1n) is 8.06. The lowest BCUT2D eigenvalue weighted by Gasteiger charge is -2.12. The van der Waals surface area contributed by atoms with Gasteiger partial charge >= 0.3 is 5.69 Å². The van der Waals surface area contributed by atoms with Crippen molar-refractivity contribution in [2.75, 3.05) is 13.1 Å². The van der Waals surface area contributed by atoms with Crippen molar-refractivity contribution in [2.45, 2.75) is 19.5 Å². The maximum Gasteiger partial charge on any atom is 0.326 e. The summed E-state index contributed by atoms with van der Waals surface area (Å²) in [5.41, 5.74) is 3.55. The number of aromatic nitrogens is 4. The van der Waals surface area contributed by atoms with Crippen molar-refractivity contribution in [3.63, 3.8) is 0 Å². The van der Waals surface area contributed by atoms with Gasteiger partial charge in [0.25, 0.3) is 5.91 Å². The van der Waals surface area contributed by atoms with Gasteiger partial charge in [-0.25, -0.2) is 4.79 Å². The zero-order valence-electron chi connectivity index (χ0n) is 13.4. The van der Waals surface area contributed by atoms with E-state index in [1.54, 1.807) is 22.8 Å². The molecule has 0 saturated heterocycles. The number of hydrogen-bond acceptors (Lipinski definition) is 4. The van der Waals surface area contributed by atoms with Crippen LogP contribution >= 0.6 is 11.6 Å². The summed E-state index contributed by atoms with van der Waals surface area (Å²) < 4.78 is 1.58. The van der Waals surface area contributed by atoms with Gasteiger partial charge in [0.2, 0.25) is 0 Å². The molecule has 1 aliphatic rings. The fraction of sp³-hybridized carbons (Fsp3) is 0.312. The molecule has 0 fully saturated rings. The van der Waals surface area contributed by atoms with Gasteiger partial charge in [-0.2, -0.15) is 5.10 Å². The van der Waals surface area contributed by atoms with E-state index in [2.05, 4.69) is 25.8 Å². The summed E-state index contributed by atoms with van der Waals surface area (Å²) in [6.45, 7) is 2.20. The second-order valence-electron chi connectivity index (χ2n) is 5.96. The zero-order chi connectivity index (χ0) is 17.4. The summed E-state index contributed by atoms with van der Waals surface area (Å²) in [4.78, 5) is 27.2. The van der Waals surface area contributed by atoms with Gasteiger partial charge in [0.05, 0.1) is 11.0 Å². The number of nitrogens with one attached hydrogen (secondary N) is 4. The van der Waals surface area contributed by atoms with Crippen LogP contribution in [0.3, 0.4) is 0 Å². The molecule has 3 aromatic rings. The zero-order valence-corrected chi connectivity index (χ0v) is 14.1. The SMILES string of the molecule is O=C(NCCn1c(=O)[nH]c2cc(Cl)ccc21)c1n[nH]c2c1CNCC2. The topological polar surface area (TPSA) is 108 Å². The standard InChI is InChI=1S/C16H17ClN6O2/c17-9-1-2-13-12(7-9)20-16(25)23(13)6-5-19-15(24)14-10-8-18-4-3-11(10)21-22-14/h1-2,7,18H,3-6,8H2,(H,19,24)(H,20,25)(H,21,22). The van der Waals surface area contributed by atoms with Gasteiger partial charge in [-0.15, -0.1) is 0 Å². The van der Waals surface area contributed by atoms with Gasteiger partial charge in [0.1, 0.15) is 0 Å². The van der Waals surface area contributed by atoms with Crippen molar-refractivity contribution in [1.29, 1.82) is 0 Å². The van der Waals surface area contributed by atoms with E-state index in [1.807, 2.05) is 0 Å². The quantitative estimate of drug-likeness (QED) is 0.551. The Morgan fingerprint density at radius 1 is 1.40 bits per heavy atom. The highest BCUT2D eigenvalue weighted by Crippen LogP contribution is 2.17. The number of nitrogens with zero attached hydrogens (tertiary/aromatic N) is 2. The Morgan fingerprint density at radius 3 is 3.16 bits per heavy atom. The molecule has 0 radical (unpaired) electrons. The number of carbonyl (C=O) groups excluding carboxylic acids is 1. The summed E-state index contributed by atoms with van der Waals surface area (Å²) in [5, 5.41) is 13.7. The van der Waals surface area contributed by atoms with E-state index in [0.717, 1.165) is 29.7 Å². The molecule has 1 amide bonds. The molecule has 0 atom stereocenters. The second kappa shape index (κ2) is 6.38. The molecule has 1 aliphatic heterocycles. The lowest BCUT2D eigenvalue weighted by atomic mass is 10.1. The molecule has 0 saturated carbocycles. The molecule has 0 bridgehead atoms. The molecule has 130 valence electrons. The van der Waals surface area contributed by atoms with Crippen LogP contribution in [-0.2, 0) is 19.5 Å². The molecule has 8 nitrogen and oxygen atoms in total. The van der Waals surface area contributed by atoms with Crippen LogP contribution in [0, 0.1) is 0 Å². The van der Waals surface area contributed by atoms with Crippen molar-refractivity contribution >= 4 is 28.5 Å². The van der Waals surface area contributed by atoms with Gasteiger partial charge in [-0.05, 0) is 18.2 Å². The van der Waals surface area contributed by atoms with Crippen molar-refractivity contribution in [3.05, 3.63) is 50.7 Å². The monoisotopic (exact) mass is 360 g/mol. The van der Waals surface area contributed by atoms with Crippen molar-refractivity contribution < 1.29 is 4.79 Å². The van der Waals surface area contributed by atoms with E-state index in [4.69, 9.17) is 11.6 Å². The first-order chi connectivity index (χ1) is 12.1. The van der Waals surface area contributed by atoms with Crippen LogP contribution in [0.15, 0.2) is 23.0 Å². The molecule has 0 unspecified atom stereocenters. The van der Waals surface area contributed by atoms with E-state index < -0.39 is 0 Å². The molecule has 9 heteroatoms. The number of imidazole rings is 1. The Balaban J connectivity index is 1.46. The second-order valence-corrected chi connectivity index (χ2v) is 6.39. The normalized spacial score (nSPS) is 13.8. The Morgan fingerprint density at radius 2 is 2.28 bits per heavy atom. The van der Waals surface area contributed by atoms with E-state index in [-0.39, 0.29) is 11.6 Å². The fourth-order valence-electron chi connectivity index (χ4n) is 3.14. The molecule has 4 N–H and O–H groups in total. The lowest BCUT2D eigenvalue weighted by molar-refractivity contribution is 0.0946. The van der Waals surface area contributed by atoms with Crippen LogP contribution in [0.1, 0.15) is 21.7 Å². The number of carbonyl (C=O) groups is 1. The first kappa shape index (κ1) is 15.9. The maximum absolute atomic E-state index is 12.4. The summed E-state index contributed by atoms with van der Waals surface area (Å²) >= 11 is 5.94. The molecule has 0 aliphatic carbocycles. The number of amides is 1. The molecule has 4 rings (SSSR count). The summed E-state index contributed by atoms with van der Waals surface area (Å²) in [7, 11) is 0. The van der Waals surface area contributed by atoms with E-state index in [0.29, 0.717) is 35.9 Å². The average molecular weight is 361 g/mol. The Kier molecular flexibility index (Phi) is 4.06. The van der Waals surface area contributed by atoms with Gasteiger partial charge in [0.15, 0.2) is 5.69 Å². The third-order valence-electron chi connectivity index (χ3n) is 4.38. The highest BCUT2D eigenvalue weighted by atomic mass is 35.5. The number of H-pyrrole nitrogens is 2. The Labute approximate surface area is 147 Å². The van der Waals surface area contributed by atoms with Crippen LogP contribution in [-0.4, -0.2) is 38.7 Å². The largest absolute Gasteiger partial charge is 0.349 e. The summed E-state index contributed by atoms with van der Waals surface area (Å²) in [6, 6.07) is 5.22. The molecule has 1 aromatic carbocycles. The predicted molar refractivity (Wildman–Crippen MR) is 93.9 cm³/mol. The minimum atomic E-state index is -0.239. The summed E-state index contributed by atoms with van der Waals surface area (Å²) in [6.07, 6.45) is 0.836. The number of hydrogen-bond donors (Lipinski definition) is 4. The van der Waals surface area contributed by atoms with E-state index >= 15 is 0 Å². The van der Waals surface area contributed by atoms with Crippen molar-refractivity contribution in [3.8, 4) is 0 Å². The molecule has 3 heterocycles. The molecule has 2 aromatic heterocycles. The lowest BCUT2D eigenvalue weighted by Crippen LogP contribution is -2.32. The third kappa shape index (κ3) is 2.94. The number of halogens is 1. The van der Waals surface area contributed by atoms with Crippen LogP contribution in [0.4, 0.5) is 0 Å². The van der Waals surface area contributed by atoms with Gasteiger partial charge in [-0.3, -0.25) is 14.5 Å². The van der Waals surface area contributed by atoms with Gasteiger partial charge < -0.3 is 15.6 Å². The number of aromatic amines is 2. The molecule has 0 spiro atoms. The predicted octanol–water partition coefficient (Wildman–Crippen LogP) is 0.782. The number of benzene rings is 1. The summed E-state index contributed by atoms with van der Waals surface area (Å²) in [5.74, 6) is -0.239. The molecular weight excluding hydrogens is 344 g/mol. The molecular formula is C16H17ClN6O2. The van der Waals surface area contributed by atoms with E-state index in [1.165, 1.54) is 0 Å². The van der Waals surface area contributed by atoms with Crippen molar-refractivity contribution in [2.24, 2.45) is 0 Å². The van der Waals surface area contributed by atoms with Gasteiger partial charge in [-0.1, -0.05) is 11.6 Å². The smallest absolute Gasteiger partial charge is 0.326 e. The Bertz CT molecular complexity index is 1000. The van der Waals surface area contributed by atoms with Crippen LogP contribution < -0.4 is 16.3 Å². The highest BCUT2D eigenvalue weighted by Gasteiger charge is 2.21. The Hall–Kier alpha value is -2.58. The number of rotatable bonds is 4. The average Bonchev–Trinajstić information content (AvgIpc) is 3.15. The maximum atomic E-state index is 12.4. The highest BCUT2D eigenvalue weighted by molar-refractivity contribution is 6.31. The van der Waals surface area contributed by atoms with Crippen LogP contribution in [0.2, 0.25) is 5.02 Å². The van der Waals surface area contributed by atoms with Crippen molar-refractivity contribution in [1.82, 2.24) is 30.4 Å². The van der Waals surface area contributed by atoms with E-state index in [9.17, 15) is 9.59 Å². The first-order valence-corrected chi connectivity index (χ1v) is 8.44. The van der Waals surface area contributed by atoms with Crippen LogP contribution in [0.25, 0.3) is 11.0 Å². The number of fused-ring (bicyclic) bond motifs is 2.